The van der Waals surface area contributed by atoms with E-state index in [0.717, 1.165) is 19.5 Å². The average Bonchev–Trinajstić information content (AvgIpc) is 2.73. The highest BCUT2D eigenvalue weighted by atomic mass is 35.5. The van der Waals surface area contributed by atoms with Crippen LogP contribution in [0.1, 0.15) is 27.2 Å². The molecule has 1 unspecified atom stereocenters. The van der Waals surface area contributed by atoms with Crippen LogP contribution in [0.2, 0.25) is 5.02 Å². The Labute approximate surface area is 118 Å². The van der Waals surface area contributed by atoms with Crippen molar-refractivity contribution in [2.24, 2.45) is 5.92 Å². The molecule has 0 amide bonds. The van der Waals surface area contributed by atoms with Gasteiger partial charge in [-0.05, 0) is 26.2 Å². The van der Waals surface area contributed by atoms with E-state index < -0.39 is 5.60 Å². The molecule has 5 nitrogen and oxygen atoms in total. The Kier molecular flexibility index (Phi) is 4.16. The lowest BCUT2D eigenvalue weighted by atomic mass is 10.2. The molecule has 1 fully saturated rings. The maximum absolute atomic E-state index is 9.66. The van der Waals surface area contributed by atoms with Crippen molar-refractivity contribution >= 4 is 17.4 Å². The number of aromatic nitrogens is 2. The SMILES string of the molecule is CC1CCN(c2ncnc(OCC(C)(C)O)c2Cl)C1. The lowest BCUT2D eigenvalue weighted by Gasteiger charge is -2.21. The van der Waals surface area contributed by atoms with Gasteiger partial charge in [-0.25, -0.2) is 9.97 Å². The third-order valence-electron chi connectivity index (χ3n) is 3.02. The topological polar surface area (TPSA) is 58.5 Å². The summed E-state index contributed by atoms with van der Waals surface area (Å²) in [7, 11) is 0. The van der Waals surface area contributed by atoms with Crippen molar-refractivity contribution in [2.45, 2.75) is 32.8 Å². The monoisotopic (exact) mass is 285 g/mol. The molecule has 0 bridgehead atoms. The van der Waals surface area contributed by atoms with Gasteiger partial charge in [-0.15, -0.1) is 0 Å². The van der Waals surface area contributed by atoms with Crippen LogP contribution in [-0.4, -0.2) is 40.4 Å². The Morgan fingerprint density at radius 2 is 2.26 bits per heavy atom. The van der Waals surface area contributed by atoms with Crippen molar-refractivity contribution < 1.29 is 9.84 Å². The zero-order valence-corrected chi connectivity index (χ0v) is 12.3. The van der Waals surface area contributed by atoms with Crippen molar-refractivity contribution in [1.82, 2.24) is 9.97 Å². The number of aliphatic hydroxyl groups is 1. The second-order valence-electron chi connectivity index (χ2n) is 5.76. The molecule has 1 aromatic rings. The van der Waals surface area contributed by atoms with Gasteiger partial charge in [0.05, 0.1) is 5.60 Å². The third-order valence-corrected chi connectivity index (χ3v) is 3.36. The number of halogens is 1. The molecular formula is C13H20ClN3O2. The summed E-state index contributed by atoms with van der Waals surface area (Å²) in [5, 5.41) is 10.1. The number of rotatable bonds is 4. The van der Waals surface area contributed by atoms with Crippen LogP contribution < -0.4 is 9.64 Å². The molecule has 2 heterocycles. The van der Waals surface area contributed by atoms with Gasteiger partial charge >= 0.3 is 0 Å². The van der Waals surface area contributed by atoms with Gasteiger partial charge in [0, 0.05) is 13.1 Å². The van der Waals surface area contributed by atoms with Crippen LogP contribution in [0.3, 0.4) is 0 Å². The fourth-order valence-electron chi connectivity index (χ4n) is 2.04. The molecule has 106 valence electrons. The molecule has 19 heavy (non-hydrogen) atoms. The Hall–Kier alpha value is -1.07. The smallest absolute Gasteiger partial charge is 0.238 e. The van der Waals surface area contributed by atoms with E-state index in [-0.39, 0.29) is 6.61 Å². The normalized spacial score (nSPS) is 19.8. The predicted octanol–water partition coefficient (Wildman–Crippen LogP) is 2.13. The van der Waals surface area contributed by atoms with Gasteiger partial charge < -0.3 is 14.7 Å². The van der Waals surface area contributed by atoms with Crippen molar-refractivity contribution in [1.29, 1.82) is 0 Å². The van der Waals surface area contributed by atoms with E-state index in [1.165, 1.54) is 6.33 Å². The van der Waals surface area contributed by atoms with Gasteiger partial charge in [0.25, 0.3) is 0 Å². The van der Waals surface area contributed by atoms with Crippen LogP contribution in [0, 0.1) is 5.92 Å². The van der Waals surface area contributed by atoms with Gasteiger partial charge in [0.1, 0.15) is 18.0 Å². The van der Waals surface area contributed by atoms with Gasteiger partial charge in [0.15, 0.2) is 5.82 Å². The maximum Gasteiger partial charge on any atom is 0.238 e. The van der Waals surface area contributed by atoms with E-state index >= 15 is 0 Å². The second kappa shape index (κ2) is 5.51. The third kappa shape index (κ3) is 3.70. The molecule has 0 aromatic carbocycles. The van der Waals surface area contributed by atoms with Crippen molar-refractivity contribution in [3.05, 3.63) is 11.3 Å². The molecule has 1 N–H and O–H groups in total. The summed E-state index contributed by atoms with van der Waals surface area (Å²) in [6.45, 7) is 7.58. The molecule has 0 radical (unpaired) electrons. The number of ether oxygens (including phenoxy) is 1. The van der Waals surface area contributed by atoms with Crippen LogP contribution in [-0.2, 0) is 0 Å². The largest absolute Gasteiger partial charge is 0.473 e. The highest BCUT2D eigenvalue weighted by molar-refractivity contribution is 6.34. The first-order chi connectivity index (χ1) is 8.87. The lowest BCUT2D eigenvalue weighted by Crippen LogP contribution is -2.28. The van der Waals surface area contributed by atoms with Gasteiger partial charge in [0.2, 0.25) is 5.88 Å². The molecule has 0 aliphatic carbocycles. The van der Waals surface area contributed by atoms with Crippen LogP contribution in [0.15, 0.2) is 6.33 Å². The summed E-state index contributed by atoms with van der Waals surface area (Å²) < 4.78 is 5.47. The molecule has 6 heteroatoms. The van der Waals surface area contributed by atoms with Gasteiger partial charge in [-0.2, -0.15) is 0 Å². The van der Waals surface area contributed by atoms with E-state index in [4.69, 9.17) is 16.3 Å². The van der Waals surface area contributed by atoms with Crippen LogP contribution in [0.5, 0.6) is 5.88 Å². The summed E-state index contributed by atoms with van der Waals surface area (Å²) in [4.78, 5) is 10.4. The summed E-state index contributed by atoms with van der Waals surface area (Å²) in [6.07, 6.45) is 2.59. The van der Waals surface area contributed by atoms with Gasteiger partial charge in [-0.1, -0.05) is 18.5 Å². The Balaban J connectivity index is 2.14. The van der Waals surface area contributed by atoms with Crippen LogP contribution >= 0.6 is 11.6 Å². The standard InChI is InChI=1S/C13H20ClN3O2/c1-9-4-5-17(6-9)11-10(14)12(16-8-15-11)19-7-13(2,3)18/h8-9,18H,4-7H2,1-3H3. The Morgan fingerprint density at radius 3 is 2.84 bits per heavy atom. The highest BCUT2D eigenvalue weighted by Gasteiger charge is 2.24. The Bertz CT molecular complexity index is 448. The zero-order chi connectivity index (χ0) is 14.0. The molecule has 1 aliphatic rings. The van der Waals surface area contributed by atoms with Gasteiger partial charge in [-0.3, -0.25) is 0 Å². The predicted molar refractivity (Wildman–Crippen MR) is 74.8 cm³/mol. The van der Waals surface area contributed by atoms with Crippen molar-refractivity contribution in [3.8, 4) is 5.88 Å². The minimum absolute atomic E-state index is 0.138. The molecule has 0 spiro atoms. The molecule has 1 aromatic heterocycles. The first-order valence-electron chi connectivity index (χ1n) is 6.47. The highest BCUT2D eigenvalue weighted by Crippen LogP contribution is 2.33. The first-order valence-corrected chi connectivity index (χ1v) is 6.85. The van der Waals surface area contributed by atoms with E-state index in [0.29, 0.717) is 22.6 Å². The summed E-state index contributed by atoms with van der Waals surface area (Å²) in [5.74, 6) is 1.69. The van der Waals surface area contributed by atoms with E-state index in [2.05, 4.69) is 21.8 Å². The zero-order valence-electron chi connectivity index (χ0n) is 11.6. The van der Waals surface area contributed by atoms with E-state index in [1.807, 2.05) is 0 Å². The fraction of sp³-hybridized carbons (Fsp3) is 0.692. The summed E-state index contributed by atoms with van der Waals surface area (Å²) >= 11 is 6.29. The number of hydrogen-bond acceptors (Lipinski definition) is 5. The quantitative estimate of drug-likeness (QED) is 0.918. The molecule has 1 aliphatic heterocycles. The number of nitrogens with zero attached hydrogens (tertiary/aromatic N) is 3. The molecule has 2 rings (SSSR count). The maximum atomic E-state index is 9.66. The number of anilines is 1. The molecular weight excluding hydrogens is 266 g/mol. The van der Waals surface area contributed by atoms with Crippen LogP contribution in [0.25, 0.3) is 0 Å². The summed E-state index contributed by atoms with van der Waals surface area (Å²) in [6, 6.07) is 0. The molecule has 1 atom stereocenters. The van der Waals surface area contributed by atoms with Crippen LogP contribution in [0.4, 0.5) is 5.82 Å². The fourth-order valence-corrected chi connectivity index (χ4v) is 2.31. The summed E-state index contributed by atoms with van der Waals surface area (Å²) in [5.41, 5.74) is -0.920. The van der Waals surface area contributed by atoms with Crippen molar-refractivity contribution in [2.75, 3.05) is 24.6 Å². The minimum Gasteiger partial charge on any atom is -0.473 e. The number of hydrogen-bond donors (Lipinski definition) is 1. The molecule has 1 saturated heterocycles. The second-order valence-corrected chi connectivity index (χ2v) is 6.14. The Morgan fingerprint density at radius 1 is 1.53 bits per heavy atom. The first kappa shape index (κ1) is 14.3. The lowest BCUT2D eigenvalue weighted by molar-refractivity contribution is 0.0268. The van der Waals surface area contributed by atoms with Crippen molar-refractivity contribution in [3.63, 3.8) is 0 Å². The molecule has 0 saturated carbocycles. The van der Waals surface area contributed by atoms with E-state index in [1.54, 1.807) is 13.8 Å². The minimum atomic E-state index is -0.920. The van der Waals surface area contributed by atoms with E-state index in [9.17, 15) is 5.11 Å². The average molecular weight is 286 g/mol.